The zero-order valence-electron chi connectivity index (χ0n) is 13.0. The monoisotopic (exact) mass is 335 g/mol. The number of ether oxygens (including phenoxy) is 1. The van der Waals surface area contributed by atoms with Crippen LogP contribution < -0.4 is 5.32 Å². The fourth-order valence-electron chi connectivity index (χ4n) is 2.56. The molecule has 1 atom stereocenters. The van der Waals surface area contributed by atoms with Crippen LogP contribution in [0.1, 0.15) is 12.0 Å². The number of hydrogen-bond donors (Lipinski definition) is 1. The number of cyclic esters (lactones) is 1. The molecular formula is C16H18FN3O4. The van der Waals surface area contributed by atoms with Crippen molar-refractivity contribution in [1.29, 1.82) is 0 Å². The molecule has 3 rings (SSSR count). The molecule has 1 aromatic carbocycles. The predicted octanol–water partition coefficient (Wildman–Crippen LogP) is 1.08. The number of carbonyl (C=O) groups excluding carboxylic acids is 2. The molecule has 24 heavy (non-hydrogen) atoms. The van der Waals surface area contributed by atoms with Gasteiger partial charge in [0.1, 0.15) is 25.1 Å². The van der Waals surface area contributed by atoms with Crippen LogP contribution in [0.3, 0.4) is 0 Å². The number of halogens is 1. The van der Waals surface area contributed by atoms with Gasteiger partial charge in [-0.15, -0.1) is 0 Å². The molecule has 128 valence electrons. The van der Waals surface area contributed by atoms with E-state index in [1.807, 2.05) is 0 Å². The van der Waals surface area contributed by atoms with Gasteiger partial charge in [-0.2, -0.15) is 0 Å². The van der Waals surface area contributed by atoms with Crippen molar-refractivity contribution in [2.24, 2.45) is 5.16 Å². The molecule has 0 unspecified atom stereocenters. The maximum absolute atomic E-state index is 12.9. The quantitative estimate of drug-likeness (QED) is 0.844. The highest BCUT2D eigenvalue weighted by Gasteiger charge is 2.25. The largest absolute Gasteiger partial charge is 0.448 e. The highest BCUT2D eigenvalue weighted by atomic mass is 19.1. The van der Waals surface area contributed by atoms with Crippen molar-refractivity contribution >= 4 is 17.7 Å². The molecule has 2 heterocycles. The minimum absolute atomic E-state index is 0.0190. The summed E-state index contributed by atoms with van der Waals surface area (Å²) >= 11 is 0. The summed E-state index contributed by atoms with van der Waals surface area (Å²) in [5.41, 5.74) is 1.81. The van der Waals surface area contributed by atoms with Crippen LogP contribution in [0.4, 0.5) is 9.18 Å². The maximum Gasteiger partial charge on any atom is 0.410 e. The van der Waals surface area contributed by atoms with Gasteiger partial charge in [0.05, 0.1) is 18.8 Å². The van der Waals surface area contributed by atoms with Crippen LogP contribution in [0.15, 0.2) is 29.4 Å². The molecule has 0 aliphatic carbocycles. The summed E-state index contributed by atoms with van der Waals surface area (Å²) in [4.78, 5) is 29.7. The fraction of sp³-hybridized carbons (Fsp3) is 0.438. The average Bonchev–Trinajstić information content (AvgIpc) is 3.17. The Morgan fingerprint density at radius 1 is 1.38 bits per heavy atom. The molecule has 2 aliphatic heterocycles. The van der Waals surface area contributed by atoms with Gasteiger partial charge in [0.15, 0.2) is 0 Å². The van der Waals surface area contributed by atoms with Crippen molar-refractivity contribution in [2.75, 3.05) is 26.2 Å². The lowest BCUT2D eigenvalue weighted by Crippen LogP contribution is -2.40. The van der Waals surface area contributed by atoms with E-state index in [1.54, 1.807) is 12.1 Å². The summed E-state index contributed by atoms with van der Waals surface area (Å²) in [5.74, 6) is -0.532. The van der Waals surface area contributed by atoms with Crippen LogP contribution >= 0.6 is 0 Å². The molecule has 7 nitrogen and oxygen atoms in total. The van der Waals surface area contributed by atoms with Gasteiger partial charge >= 0.3 is 6.09 Å². The highest BCUT2D eigenvalue weighted by Crippen LogP contribution is 2.14. The van der Waals surface area contributed by atoms with Crippen molar-refractivity contribution in [1.82, 2.24) is 10.2 Å². The Kier molecular flexibility index (Phi) is 4.93. The summed E-state index contributed by atoms with van der Waals surface area (Å²) in [5, 5.41) is 6.74. The minimum atomic E-state index is -0.466. The van der Waals surface area contributed by atoms with E-state index in [1.165, 1.54) is 17.0 Å². The summed E-state index contributed by atoms with van der Waals surface area (Å²) in [6.45, 7) is 1.04. The van der Waals surface area contributed by atoms with Crippen molar-refractivity contribution in [2.45, 2.75) is 18.9 Å². The molecule has 1 aromatic rings. The van der Waals surface area contributed by atoms with Crippen LogP contribution in [-0.4, -0.2) is 55.0 Å². The highest BCUT2D eigenvalue weighted by molar-refractivity contribution is 5.87. The number of carbonyl (C=O) groups is 2. The number of benzene rings is 1. The number of rotatable bonds is 6. The summed E-state index contributed by atoms with van der Waals surface area (Å²) in [7, 11) is 0. The maximum atomic E-state index is 12.9. The molecule has 0 aromatic heterocycles. The van der Waals surface area contributed by atoms with Crippen molar-refractivity contribution in [3.05, 3.63) is 35.6 Å². The topological polar surface area (TPSA) is 80.2 Å². The van der Waals surface area contributed by atoms with Crippen LogP contribution in [0.5, 0.6) is 0 Å². The van der Waals surface area contributed by atoms with Crippen LogP contribution in [0.25, 0.3) is 0 Å². The first kappa shape index (κ1) is 16.2. The Bertz CT molecular complexity index is 647. The minimum Gasteiger partial charge on any atom is -0.448 e. The smallest absolute Gasteiger partial charge is 0.410 e. The lowest BCUT2D eigenvalue weighted by molar-refractivity contribution is -0.122. The molecule has 1 fully saturated rings. The molecule has 0 spiro atoms. The third kappa shape index (κ3) is 4.21. The van der Waals surface area contributed by atoms with Gasteiger partial charge in [0.2, 0.25) is 5.91 Å². The summed E-state index contributed by atoms with van der Waals surface area (Å²) < 4.78 is 17.6. The van der Waals surface area contributed by atoms with E-state index in [0.717, 1.165) is 11.3 Å². The summed E-state index contributed by atoms with van der Waals surface area (Å²) in [6, 6.07) is 6.24. The van der Waals surface area contributed by atoms with Gasteiger partial charge < -0.3 is 14.9 Å². The molecule has 0 bridgehead atoms. The number of nitrogens with one attached hydrogen (secondary N) is 1. The van der Waals surface area contributed by atoms with Gasteiger partial charge in [0, 0.05) is 12.8 Å². The zero-order valence-corrected chi connectivity index (χ0v) is 13.0. The van der Waals surface area contributed by atoms with E-state index in [2.05, 4.69) is 10.5 Å². The Hall–Kier alpha value is -2.64. The lowest BCUT2D eigenvalue weighted by Gasteiger charge is -2.14. The van der Waals surface area contributed by atoms with Gasteiger partial charge in [-0.3, -0.25) is 9.69 Å². The first-order valence-corrected chi connectivity index (χ1v) is 7.74. The number of oxime groups is 1. The molecular weight excluding hydrogens is 317 g/mol. The van der Waals surface area contributed by atoms with E-state index < -0.39 is 6.09 Å². The summed E-state index contributed by atoms with van der Waals surface area (Å²) in [6.07, 6.45) is 0.496. The van der Waals surface area contributed by atoms with Crippen LogP contribution in [-0.2, 0) is 20.8 Å². The van der Waals surface area contributed by atoms with E-state index in [9.17, 15) is 14.0 Å². The Morgan fingerprint density at radius 3 is 2.88 bits per heavy atom. The second kappa shape index (κ2) is 7.29. The van der Waals surface area contributed by atoms with Gasteiger partial charge in [0.25, 0.3) is 0 Å². The van der Waals surface area contributed by atoms with Crippen molar-refractivity contribution < 1.29 is 23.6 Å². The molecule has 0 radical (unpaired) electrons. The molecule has 1 N–H and O–H groups in total. The normalized spacial score (nSPS) is 19.7. The predicted molar refractivity (Wildman–Crippen MR) is 83.0 cm³/mol. The van der Waals surface area contributed by atoms with E-state index >= 15 is 0 Å². The van der Waals surface area contributed by atoms with Gasteiger partial charge in [-0.1, -0.05) is 17.3 Å². The first-order chi connectivity index (χ1) is 11.6. The third-order valence-corrected chi connectivity index (χ3v) is 3.82. The Morgan fingerprint density at radius 2 is 2.17 bits per heavy atom. The molecule has 1 saturated heterocycles. The lowest BCUT2D eigenvalue weighted by atomic mass is 10.0. The standard InChI is InChI=1S/C16H18FN3O4/c17-12-3-1-11(2-4-12)7-13-8-14(24-19-13)9-18-15(21)10-20-5-6-23-16(20)22/h1-4,14H,5-10H2,(H,18,21)/t14-/m1/s1. The molecule has 2 amide bonds. The van der Waals surface area contributed by atoms with E-state index in [4.69, 9.17) is 9.57 Å². The molecule has 2 aliphatic rings. The Balaban J connectivity index is 1.38. The average molecular weight is 335 g/mol. The van der Waals surface area contributed by atoms with Gasteiger partial charge in [-0.05, 0) is 17.7 Å². The number of nitrogens with zero attached hydrogens (tertiary/aromatic N) is 2. The first-order valence-electron chi connectivity index (χ1n) is 7.74. The second-order valence-corrected chi connectivity index (χ2v) is 5.73. The third-order valence-electron chi connectivity index (χ3n) is 3.82. The molecule has 0 saturated carbocycles. The van der Waals surface area contributed by atoms with E-state index in [-0.39, 0.29) is 24.4 Å². The molecule has 8 heteroatoms. The number of amides is 2. The second-order valence-electron chi connectivity index (χ2n) is 5.73. The zero-order chi connectivity index (χ0) is 16.9. The fourth-order valence-corrected chi connectivity index (χ4v) is 2.56. The number of hydrogen-bond acceptors (Lipinski definition) is 5. The van der Waals surface area contributed by atoms with E-state index in [0.29, 0.717) is 32.5 Å². The van der Waals surface area contributed by atoms with Crippen molar-refractivity contribution in [3.8, 4) is 0 Å². The van der Waals surface area contributed by atoms with Crippen LogP contribution in [0, 0.1) is 5.82 Å². The Labute approximate surface area is 138 Å². The SMILES string of the molecule is O=C(CN1CCOC1=O)NC[C@H]1CC(Cc2ccc(F)cc2)=NO1. The van der Waals surface area contributed by atoms with Crippen LogP contribution in [0.2, 0.25) is 0 Å². The van der Waals surface area contributed by atoms with Gasteiger partial charge in [-0.25, -0.2) is 9.18 Å². The van der Waals surface area contributed by atoms with Crippen molar-refractivity contribution in [3.63, 3.8) is 0 Å².